The third kappa shape index (κ3) is 3.58. The third-order valence-corrected chi connectivity index (χ3v) is 5.44. The predicted molar refractivity (Wildman–Crippen MR) is 83.7 cm³/mol. The van der Waals surface area contributed by atoms with E-state index in [1.807, 2.05) is 11.8 Å². The molecule has 2 rings (SSSR count). The molecular weight excluding hydrogens is 264 g/mol. The van der Waals surface area contributed by atoms with Crippen molar-refractivity contribution in [2.45, 2.75) is 71.9 Å². The largest absolute Gasteiger partial charge is 0.342 e. The van der Waals surface area contributed by atoms with Gasteiger partial charge in [-0.3, -0.25) is 9.59 Å². The minimum absolute atomic E-state index is 0.0149. The van der Waals surface area contributed by atoms with Crippen LogP contribution in [0.3, 0.4) is 0 Å². The Morgan fingerprint density at radius 1 is 1.14 bits per heavy atom. The molecule has 1 N–H and O–H groups in total. The Labute approximate surface area is 128 Å². The van der Waals surface area contributed by atoms with Gasteiger partial charge in [0.15, 0.2) is 0 Å². The summed E-state index contributed by atoms with van der Waals surface area (Å²) in [6.45, 7) is 9.03. The zero-order chi connectivity index (χ0) is 15.6. The van der Waals surface area contributed by atoms with Crippen molar-refractivity contribution in [2.75, 3.05) is 6.54 Å². The standard InChI is InChI=1S/C17H30N2O2/c1-11(2)12(3)10-19-13(4)16(20)18-15(17(19)21)14-8-6-5-7-9-14/h11-15H,5-10H2,1-4H3,(H,18,20). The van der Waals surface area contributed by atoms with Crippen LogP contribution in [0.15, 0.2) is 0 Å². The van der Waals surface area contributed by atoms with E-state index < -0.39 is 0 Å². The summed E-state index contributed by atoms with van der Waals surface area (Å²) in [7, 11) is 0. The summed E-state index contributed by atoms with van der Waals surface area (Å²) in [6, 6.07) is -0.619. The van der Waals surface area contributed by atoms with Crippen molar-refractivity contribution in [3.05, 3.63) is 0 Å². The molecule has 1 aliphatic heterocycles. The van der Waals surface area contributed by atoms with Crippen molar-refractivity contribution in [1.82, 2.24) is 10.2 Å². The van der Waals surface area contributed by atoms with E-state index in [0.29, 0.717) is 24.3 Å². The quantitative estimate of drug-likeness (QED) is 0.866. The van der Waals surface area contributed by atoms with Gasteiger partial charge in [0.2, 0.25) is 11.8 Å². The average Bonchev–Trinajstić information content (AvgIpc) is 2.47. The van der Waals surface area contributed by atoms with Crippen molar-refractivity contribution in [2.24, 2.45) is 17.8 Å². The number of carbonyl (C=O) groups is 2. The number of nitrogens with one attached hydrogen (secondary N) is 1. The molecule has 1 aliphatic carbocycles. The molecule has 3 unspecified atom stereocenters. The third-order valence-electron chi connectivity index (χ3n) is 5.44. The number of piperazine rings is 1. The van der Waals surface area contributed by atoms with Gasteiger partial charge in [0.1, 0.15) is 12.1 Å². The van der Waals surface area contributed by atoms with E-state index in [1.54, 1.807) is 0 Å². The van der Waals surface area contributed by atoms with E-state index in [0.717, 1.165) is 12.8 Å². The number of carbonyl (C=O) groups excluding carboxylic acids is 2. The Morgan fingerprint density at radius 3 is 2.33 bits per heavy atom. The van der Waals surface area contributed by atoms with E-state index >= 15 is 0 Å². The first kappa shape index (κ1) is 16.3. The Bertz CT molecular complexity index is 388. The van der Waals surface area contributed by atoms with Gasteiger partial charge in [0.25, 0.3) is 0 Å². The first-order chi connectivity index (χ1) is 9.91. The molecule has 0 radical (unpaired) electrons. The molecule has 0 aromatic carbocycles. The molecule has 2 amide bonds. The molecule has 1 saturated heterocycles. The van der Waals surface area contributed by atoms with Gasteiger partial charge >= 0.3 is 0 Å². The summed E-state index contributed by atoms with van der Waals surface area (Å²) in [5, 5.41) is 2.99. The van der Waals surface area contributed by atoms with Crippen LogP contribution in [0.4, 0.5) is 0 Å². The van der Waals surface area contributed by atoms with Crippen LogP contribution in [0.1, 0.15) is 59.8 Å². The van der Waals surface area contributed by atoms with Crippen molar-refractivity contribution in [3.8, 4) is 0 Å². The second kappa shape index (κ2) is 6.80. The zero-order valence-electron chi connectivity index (χ0n) is 13.9. The first-order valence-electron chi connectivity index (χ1n) is 8.52. The summed E-state index contributed by atoms with van der Waals surface area (Å²) < 4.78 is 0. The fraction of sp³-hybridized carbons (Fsp3) is 0.882. The number of hydrogen-bond donors (Lipinski definition) is 1. The van der Waals surface area contributed by atoms with E-state index in [4.69, 9.17) is 0 Å². The van der Waals surface area contributed by atoms with Crippen molar-refractivity contribution >= 4 is 11.8 Å². The molecule has 2 fully saturated rings. The van der Waals surface area contributed by atoms with E-state index in [-0.39, 0.29) is 23.9 Å². The van der Waals surface area contributed by atoms with Crippen LogP contribution in [-0.4, -0.2) is 35.3 Å². The fourth-order valence-corrected chi connectivity index (χ4v) is 3.40. The average molecular weight is 294 g/mol. The van der Waals surface area contributed by atoms with Crippen molar-refractivity contribution in [1.29, 1.82) is 0 Å². The predicted octanol–water partition coefficient (Wildman–Crippen LogP) is 2.57. The summed E-state index contributed by atoms with van der Waals surface area (Å²) in [4.78, 5) is 26.9. The number of rotatable bonds is 4. The van der Waals surface area contributed by atoms with Gasteiger partial charge in [0, 0.05) is 6.54 Å². The van der Waals surface area contributed by atoms with Gasteiger partial charge in [0.05, 0.1) is 0 Å². The minimum atomic E-state index is -0.335. The van der Waals surface area contributed by atoms with Crippen molar-refractivity contribution in [3.63, 3.8) is 0 Å². The van der Waals surface area contributed by atoms with Gasteiger partial charge in [-0.15, -0.1) is 0 Å². The second-order valence-electron chi connectivity index (χ2n) is 7.27. The molecule has 4 heteroatoms. The van der Waals surface area contributed by atoms with Gasteiger partial charge < -0.3 is 10.2 Å². The summed E-state index contributed by atoms with van der Waals surface area (Å²) in [5.41, 5.74) is 0. The van der Waals surface area contributed by atoms with E-state index in [9.17, 15) is 9.59 Å². The molecule has 0 spiro atoms. The SMILES string of the molecule is CC(C)C(C)CN1C(=O)C(C2CCCCC2)NC(=O)C1C. The Morgan fingerprint density at radius 2 is 1.76 bits per heavy atom. The topological polar surface area (TPSA) is 49.4 Å². The maximum Gasteiger partial charge on any atom is 0.246 e. The highest BCUT2D eigenvalue weighted by Crippen LogP contribution is 2.29. The fourth-order valence-electron chi connectivity index (χ4n) is 3.40. The highest BCUT2D eigenvalue weighted by atomic mass is 16.2. The summed E-state index contributed by atoms with van der Waals surface area (Å²) in [5.74, 6) is 1.42. The van der Waals surface area contributed by atoms with Crippen LogP contribution in [-0.2, 0) is 9.59 Å². The summed E-state index contributed by atoms with van der Waals surface area (Å²) >= 11 is 0. The highest BCUT2D eigenvalue weighted by Gasteiger charge is 2.42. The molecule has 120 valence electrons. The maximum atomic E-state index is 12.9. The number of nitrogens with zero attached hydrogens (tertiary/aromatic N) is 1. The smallest absolute Gasteiger partial charge is 0.246 e. The second-order valence-corrected chi connectivity index (χ2v) is 7.27. The van der Waals surface area contributed by atoms with Gasteiger partial charge in [-0.25, -0.2) is 0 Å². The van der Waals surface area contributed by atoms with Gasteiger partial charge in [-0.05, 0) is 37.5 Å². The molecule has 0 aromatic heterocycles. The molecule has 0 bridgehead atoms. The van der Waals surface area contributed by atoms with Crippen molar-refractivity contribution < 1.29 is 9.59 Å². The van der Waals surface area contributed by atoms with Crippen LogP contribution < -0.4 is 5.32 Å². The molecule has 21 heavy (non-hydrogen) atoms. The van der Waals surface area contributed by atoms with Gasteiger partial charge in [-0.1, -0.05) is 40.0 Å². The number of hydrogen-bond acceptors (Lipinski definition) is 2. The van der Waals surface area contributed by atoms with Crippen LogP contribution in [0.5, 0.6) is 0 Å². The number of amides is 2. The molecule has 2 aliphatic rings. The Hall–Kier alpha value is -1.06. The zero-order valence-corrected chi connectivity index (χ0v) is 13.9. The van der Waals surface area contributed by atoms with Crippen LogP contribution in [0.2, 0.25) is 0 Å². The maximum absolute atomic E-state index is 12.9. The molecular formula is C17H30N2O2. The lowest BCUT2D eigenvalue weighted by Crippen LogP contribution is -2.65. The normalized spacial score (nSPS) is 29.7. The van der Waals surface area contributed by atoms with Crippen LogP contribution >= 0.6 is 0 Å². The van der Waals surface area contributed by atoms with E-state index in [2.05, 4.69) is 26.1 Å². The molecule has 3 atom stereocenters. The lowest BCUT2D eigenvalue weighted by Gasteiger charge is -2.42. The molecule has 0 aromatic rings. The lowest BCUT2D eigenvalue weighted by atomic mass is 9.82. The minimum Gasteiger partial charge on any atom is -0.342 e. The summed E-state index contributed by atoms with van der Waals surface area (Å²) in [6.07, 6.45) is 5.76. The molecule has 1 heterocycles. The monoisotopic (exact) mass is 294 g/mol. The molecule has 1 saturated carbocycles. The van der Waals surface area contributed by atoms with Crippen LogP contribution in [0, 0.1) is 17.8 Å². The lowest BCUT2D eigenvalue weighted by molar-refractivity contribution is -0.151. The highest BCUT2D eigenvalue weighted by molar-refractivity contribution is 5.96. The molecule has 4 nitrogen and oxygen atoms in total. The first-order valence-corrected chi connectivity index (χ1v) is 8.52. The Kier molecular flexibility index (Phi) is 5.28. The van der Waals surface area contributed by atoms with E-state index in [1.165, 1.54) is 19.3 Å². The van der Waals surface area contributed by atoms with Crippen LogP contribution in [0.25, 0.3) is 0 Å². The Balaban J connectivity index is 2.10. The van der Waals surface area contributed by atoms with Gasteiger partial charge in [-0.2, -0.15) is 0 Å².